The molecule has 0 spiro atoms. The largest absolute Gasteiger partial charge is 0.293 e. The van der Waals surface area contributed by atoms with E-state index in [1.807, 2.05) is 19.1 Å². The van der Waals surface area contributed by atoms with Crippen LogP contribution in [0.1, 0.15) is 61.2 Å². The molecule has 0 atom stereocenters. The number of sulfonamides is 1. The van der Waals surface area contributed by atoms with Crippen LogP contribution in [0.2, 0.25) is 0 Å². The molecule has 2 rings (SSSR count). The number of aryl methyl sites for hydroxylation is 2. The molecule has 29 heavy (non-hydrogen) atoms. The summed E-state index contributed by atoms with van der Waals surface area (Å²) in [6, 6.07) is 9.11. The summed E-state index contributed by atoms with van der Waals surface area (Å²) >= 11 is 0. The van der Waals surface area contributed by atoms with Crippen LogP contribution in [0.4, 0.5) is 11.4 Å². The fourth-order valence-corrected chi connectivity index (χ4v) is 3.49. The van der Waals surface area contributed by atoms with Crippen molar-refractivity contribution in [2.75, 3.05) is 4.72 Å². The minimum Gasteiger partial charge on any atom is -0.289 e. The molecular weight excluding hydrogens is 392 g/mol. The molecule has 0 radical (unpaired) electrons. The smallest absolute Gasteiger partial charge is 0.289 e. The number of hydrogen-bond acceptors (Lipinski definition) is 5. The number of nitrogens with one attached hydrogen (secondary N) is 1. The molecule has 0 saturated heterocycles. The van der Waals surface area contributed by atoms with Crippen LogP contribution in [0, 0.1) is 17.0 Å². The minimum atomic E-state index is -3.90. The Bertz CT molecular complexity index is 1050. The summed E-state index contributed by atoms with van der Waals surface area (Å²) in [5.74, 6) is -0.326. The molecule has 2 aromatic rings. The van der Waals surface area contributed by atoms with Crippen LogP contribution in [0.15, 0.2) is 36.4 Å². The highest BCUT2D eigenvalue weighted by Gasteiger charge is 2.31. The molecule has 0 bridgehead atoms. The second-order valence-corrected chi connectivity index (χ2v) is 10.4. The number of carbonyl (C=O) groups excluding carboxylic acids is 1. The third kappa shape index (κ3) is 5.00. The highest BCUT2D eigenvalue weighted by atomic mass is 32.2. The minimum absolute atomic E-state index is 0.175. The zero-order valence-corrected chi connectivity index (χ0v) is 18.1. The molecule has 0 aliphatic carbocycles. The highest BCUT2D eigenvalue weighted by molar-refractivity contribution is 7.94. The van der Waals surface area contributed by atoms with E-state index in [4.69, 9.17) is 0 Å². The van der Waals surface area contributed by atoms with Crippen LogP contribution in [-0.4, -0.2) is 23.9 Å². The lowest BCUT2D eigenvalue weighted by Crippen LogP contribution is -2.34. The fourth-order valence-electron chi connectivity index (χ4n) is 2.73. The van der Waals surface area contributed by atoms with E-state index in [1.54, 1.807) is 6.07 Å². The number of benzene rings is 2. The lowest BCUT2D eigenvalue weighted by atomic mass is 9.96. The molecule has 7 nitrogen and oxygen atoms in total. The van der Waals surface area contributed by atoms with Crippen molar-refractivity contribution < 1.29 is 18.1 Å². The molecule has 0 heterocycles. The van der Waals surface area contributed by atoms with Gasteiger partial charge in [0.15, 0.2) is 5.78 Å². The van der Waals surface area contributed by atoms with Gasteiger partial charge in [0.2, 0.25) is 10.0 Å². The molecule has 0 aliphatic heterocycles. The Morgan fingerprint density at radius 1 is 1.10 bits per heavy atom. The molecule has 0 aromatic heterocycles. The first-order valence-electron chi connectivity index (χ1n) is 9.32. The SMILES string of the molecule is CCCc1cc(C(=O)c2ccc([N+](=O)[O-])c(NS(=O)(=O)C(C)(C)C)c2)ccc1C. The van der Waals surface area contributed by atoms with Gasteiger partial charge in [0.25, 0.3) is 5.69 Å². The van der Waals surface area contributed by atoms with E-state index in [2.05, 4.69) is 11.6 Å². The quantitative estimate of drug-likeness (QED) is 0.401. The predicted octanol–water partition coefficient (Wildman–Crippen LogP) is 4.63. The molecule has 1 N–H and O–H groups in total. The molecule has 8 heteroatoms. The number of nitrogens with zero attached hydrogens (tertiary/aromatic N) is 1. The molecule has 156 valence electrons. The van der Waals surface area contributed by atoms with E-state index < -0.39 is 25.4 Å². The zero-order valence-electron chi connectivity index (χ0n) is 17.3. The molecule has 0 fully saturated rings. The van der Waals surface area contributed by atoms with Gasteiger partial charge in [-0.05, 0) is 63.4 Å². The van der Waals surface area contributed by atoms with Gasteiger partial charge in [-0.3, -0.25) is 19.6 Å². The highest BCUT2D eigenvalue weighted by Crippen LogP contribution is 2.30. The summed E-state index contributed by atoms with van der Waals surface area (Å²) in [4.78, 5) is 23.6. The van der Waals surface area contributed by atoms with Gasteiger partial charge in [-0.25, -0.2) is 8.42 Å². The van der Waals surface area contributed by atoms with Gasteiger partial charge < -0.3 is 0 Å². The fraction of sp³-hybridized carbons (Fsp3) is 0.381. The molecular formula is C21H26N2O5S. The third-order valence-corrected chi connectivity index (χ3v) is 6.74. The van der Waals surface area contributed by atoms with E-state index in [1.165, 1.54) is 32.9 Å². The third-order valence-electron chi connectivity index (χ3n) is 4.64. The monoisotopic (exact) mass is 418 g/mol. The van der Waals surface area contributed by atoms with Crippen LogP contribution in [0.5, 0.6) is 0 Å². The van der Waals surface area contributed by atoms with Crippen LogP contribution in [0.3, 0.4) is 0 Å². The number of anilines is 1. The first-order chi connectivity index (χ1) is 13.4. The number of carbonyl (C=O) groups is 1. The second-order valence-electron chi connectivity index (χ2n) is 7.93. The molecule has 0 aliphatic rings. The Labute approximate surface area is 171 Å². The van der Waals surface area contributed by atoms with Gasteiger partial charge >= 0.3 is 0 Å². The maximum atomic E-state index is 13.0. The Balaban J connectivity index is 2.51. The van der Waals surface area contributed by atoms with E-state index in [-0.39, 0.29) is 17.0 Å². The summed E-state index contributed by atoms with van der Waals surface area (Å²) < 4.78 is 26.1. The van der Waals surface area contributed by atoms with Crippen molar-refractivity contribution in [1.82, 2.24) is 0 Å². The predicted molar refractivity (Wildman–Crippen MR) is 114 cm³/mol. The maximum Gasteiger partial charge on any atom is 0.293 e. The first kappa shape index (κ1) is 22.5. The molecule has 0 amide bonds. The topological polar surface area (TPSA) is 106 Å². The lowest BCUT2D eigenvalue weighted by Gasteiger charge is -2.20. The van der Waals surface area contributed by atoms with Gasteiger partial charge in [0, 0.05) is 17.2 Å². The van der Waals surface area contributed by atoms with Crippen LogP contribution >= 0.6 is 0 Å². The van der Waals surface area contributed by atoms with Crippen molar-refractivity contribution in [3.63, 3.8) is 0 Å². The van der Waals surface area contributed by atoms with Gasteiger partial charge in [-0.15, -0.1) is 0 Å². The summed E-state index contributed by atoms with van der Waals surface area (Å²) in [6.45, 7) is 8.48. The van der Waals surface area contributed by atoms with Crippen molar-refractivity contribution in [2.24, 2.45) is 0 Å². The van der Waals surface area contributed by atoms with Gasteiger partial charge in [0.05, 0.1) is 9.67 Å². The standard InChI is InChI=1S/C21H26N2O5S/c1-6-7-15-12-16(9-8-14(15)2)20(24)17-10-11-19(23(25)26)18(13-17)22-29(27,28)21(3,4)5/h8-13,22H,6-7H2,1-5H3. The van der Waals surface area contributed by atoms with Crippen LogP contribution < -0.4 is 4.72 Å². The number of ketones is 1. The Morgan fingerprint density at radius 2 is 1.69 bits per heavy atom. The first-order valence-corrected chi connectivity index (χ1v) is 10.8. The number of nitro groups is 1. The number of hydrogen-bond donors (Lipinski definition) is 1. The molecule has 0 saturated carbocycles. The lowest BCUT2D eigenvalue weighted by molar-refractivity contribution is -0.383. The van der Waals surface area contributed by atoms with Crippen molar-refractivity contribution >= 4 is 27.2 Å². The van der Waals surface area contributed by atoms with Crippen molar-refractivity contribution in [1.29, 1.82) is 0 Å². The van der Waals surface area contributed by atoms with Gasteiger partial charge in [0.1, 0.15) is 5.69 Å². The van der Waals surface area contributed by atoms with E-state index >= 15 is 0 Å². The zero-order chi connectivity index (χ0) is 22.0. The van der Waals surface area contributed by atoms with Gasteiger partial charge in [-0.1, -0.05) is 25.5 Å². The van der Waals surface area contributed by atoms with E-state index in [0.717, 1.165) is 30.0 Å². The van der Waals surface area contributed by atoms with E-state index in [9.17, 15) is 23.3 Å². The van der Waals surface area contributed by atoms with Crippen LogP contribution in [-0.2, 0) is 16.4 Å². The van der Waals surface area contributed by atoms with Crippen LogP contribution in [0.25, 0.3) is 0 Å². The second kappa shape index (κ2) is 8.32. The Kier molecular flexibility index (Phi) is 6.47. The normalized spacial score (nSPS) is 11.9. The Hall–Kier alpha value is -2.74. The summed E-state index contributed by atoms with van der Waals surface area (Å²) in [5.41, 5.74) is 2.15. The average molecular weight is 419 g/mol. The molecule has 0 unspecified atom stereocenters. The number of rotatable bonds is 7. The summed E-state index contributed by atoms with van der Waals surface area (Å²) in [6.07, 6.45) is 1.78. The maximum absolute atomic E-state index is 13.0. The number of nitro benzene ring substituents is 1. The Morgan fingerprint density at radius 3 is 2.24 bits per heavy atom. The van der Waals surface area contributed by atoms with E-state index in [0.29, 0.717) is 5.56 Å². The van der Waals surface area contributed by atoms with Crippen molar-refractivity contribution in [2.45, 2.75) is 52.2 Å². The molecule has 2 aromatic carbocycles. The van der Waals surface area contributed by atoms with Crippen molar-refractivity contribution in [3.05, 3.63) is 68.8 Å². The summed E-state index contributed by atoms with van der Waals surface area (Å²) in [5, 5.41) is 11.3. The van der Waals surface area contributed by atoms with Gasteiger partial charge in [-0.2, -0.15) is 0 Å². The summed E-state index contributed by atoms with van der Waals surface area (Å²) in [7, 11) is -3.90. The average Bonchev–Trinajstić information content (AvgIpc) is 2.61. The van der Waals surface area contributed by atoms with Crippen molar-refractivity contribution in [3.8, 4) is 0 Å².